The fraction of sp³-hybridized carbons (Fsp3) is 0.690. The average molecular weight is 533 g/mol. The number of hydrogen-bond donors (Lipinski definition) is 4. The molecule has 9 heteroatoms. The van der Waals surface area contributed by atoms with E-state index in [0.717, 1.165) is 31.4 Å². The highest BCUT2D eigenvalue weighted by molar-refractivity contribution is 5.98. The van der Waals surface area contributed by atoms with Crippen molar-refractivity contribution < 1.29 is 13.6 Å². The summed E-state index contributed by atoms with van der Waals surface area (Å²) in [5, 5.41) is 22.7. The van der Waals surface area contributed by atoms with Gasteiger partial charge in [0.25, 0.3) is 5.92 Å². The van der Waals surface area contributed by atoms with Crippen molar-refractivity contribution in [3.05, 3.63) is 35.9 Å². The van der Waals surface area contributed by atoms with E-state index in [0.29, 0.717) is 24.1 Å². The molecular formula is C29H46F2N6O. The van der Waals surface area contributed by atoms with E-state index in [1.165, 1.54) is 0 Å². The Bertz CT molecular complexity index is 956. The van der Waals surface area contributed by atoms with Crippen molar-refractivity contribution in [3.63, 3.8) is 0 Å². The highest BCUT2D eigenvalue weighted by Crippen LogP contribution is 2.32. The van der Waals surface area contributed by atoms with Crippen LogP contribution >= 0.6 is 0 Å². The molecule has 3 rings (SSSR count). The second-order valence-electron chi connectivity index (χ2n) is 11.4. The molecule has 2 saturated heterocycles. The minimum Gasteiger partial charge on any atom is -0.349 e. The lowest BCUT2D eigenvalue weighted by Crippen LogP contribution is -2.56. The van der Waals surface area contributed by atoms with Crippen LogP contribution in [0.15, 0.2) is 30.3 Å². The summed E-state index contributed by atoms with van der Waals surface area (Å²) in [5.41, 5.74) is 0.975. The summed E-state index contributed by atoms with van der Waals surface area (Å²) in [6, 6.07) is 10.1. The molecule has 7 nitrogen and oxygen atoms in total. The van der Waals surface area contributed by atoms with Gasteiger partial charge in [0.05, 0.1) is 24.3 Å². The van der Waals surface area contributed by atoms with E-state index in [9.17, 15) is 13.6 Å². The van der Waals surface area contributed by atoms with Crippen molar-refractivity contribution >= 4 is 17.6 Å². The van der Waals surface area contributed by atoms with Gasteiger partial charge < -0.3 is 15.5 Å². The van der Waals surface area contributed by atoms with Gasteiger partial charge in [0, 0.05) is 43.6 Å². The molecule has 2 heterocycles. The molecule has 4 N–H and O–H groups in total. The Kier molecular flexibility index (Phi) is 10.4. The number of rotatable bonds is 9. The van der Waals surface area contributed by atoms with E-state index in [1.54, 1.807) is 6.92 Å². The molecule has 1 amide bonds. The van der Waals surface area contributed by atoms with E-state index in [4.69, 9.17) is 10.8 Å². The number of amides is 1. The molecule has 1 aromatic rings. The van der Waals surface area contributed by atoms with E-state index in [-0.39, 0.29) is 43.0 Å². The second-order valence-corrected chi connectivity index (χ2v) is 11.4. The normalized spacial score (nSPS) is 26.5. The largest absolute Gasteiger partial charge is 0.349 e. The Hall–Kier alpha value is -2.39. The Morgan fingerprint density at radius 3 is 2.50 bits per heavy atom. The van der Waals surface area contributed by atoms with Crippen molar-refractivity contribution in [2.45, 2.75) is 96.8 Å². The third-order valence-corrected chi connectivity index (χ3v) is 8.08. The van der Waals surface area contributed by atoms with E-state index >= 15 is 0 Å². The number of amidine groups is 2. The first-order valence-electron chi connectivity index (χ1n) is 14.1. The van der Waals surface area contributed by atoms with Gasteiger partial charge in [-0.1, -0.05) is 51.1 Å². The summed E-state index contributed by atoms with van der Waals surface area (Å²) >= 11 is 0. The topological polar surface area (TPSA) is 95.3 Å². The molecule has 0 saturated carbocycles. The van der Waals surface area contributed by atoms with Crippen molar-refractivity contribution in [3.8, 4) is 0 Å². The van der Waals surface area contributed by atoms with Gasteiger partial charge in [-0.15, -0.1) is 0 Å². The molecule has 0 bridgehead atoms. The molecule has 0 radical (unpaired) electrons. The minimum absolute atomic E-state index is 0.0540. The predicted octanol–water partition coefficient (Wildman–Crippen LogP) is 5.04. The lowest BCUT2D eigenvalue weighted by molar-refractivity contribution is -0.131. The number of likely N-dealkylation sites (tertiary alicyclic amines) is 1. The molecule has 0 spiro atoms. The number of halogens is 2. The van der Waals surface area contributed by atoms with Crippen LogP contribution in [0.2, 0.25) is 0 Å². The first-order valence-corrected chi connectivity index (χ1v) is 14.1. The fourth-order valence-corrected chi connectivity index (χ4v) is 6.07. The zero-order valence-corrected chi connectivity index (χ0v) is 23.6. The molecule has 0 aliphatic carbocycles. The molecule has 2 fully saturated rings. The summed E-state index contributed by atoms with van der Waals surface area (Å²) in [7, 11) is 0. The Morgan fingerprint density at radius 1 is 1.24 bits per heavy atom. The van der Waals surface area contributed by atoms with Crippen molar-refractivity contribution in [1.82, 2.24) is 20.4 Å². The smallest absolute Gasteiger partial charge is 0.261 e. The number of nitrogens with one attached hydrogen (secondary N) is 4. The number of benzene rings is 1. The first kappa shape index (κ1) is 30.2. The van der Waals surface area contributed by atoms with E-state index < -0.39 is 18.3 Å². The van der Waals surface area contributed by atoms with Crippen LogP contribution < -0.4 is 10.6 Å². The van der Waals surface area contributed by atoms with Gasteiger partial charge in [-0.3, -0.25) is 20.5 Å². The van der Waals surface area contributed by atoms with Crippen LogP contribution in [0, 0.1) is 22.7 Å². The summed E-state index contributed by atoms with van der Waals surface area (Å²) in [6.07, 6.45) is 2.92. The quantitative estimate of drug-likeness (QED) is 0.265. The zero-order chi connectivity index (χ0) is 28.0. The lowest BCUT2D eigenvalue weighted by Gasteiger charge is -2.48. The number of carbonyl (C=O) groups is 1. The van der Waals surface area contributed by atoms with E-state index in [2.05, 4.69) is 29.4 Å². The van der Waals surface area contributed by atoms with Crippen LogP contribution in [0.5, 0.6) is 0 Å². The molecule has 0 aromatic heterocycles. The van der Waals surface area contributed by atoms with Crippen molar-refractivity contribution in [1.29, 1.82) is 10.8 Å². The summed E-state index contributed by atoms with van der Waals surface area (Å²) in [6.45, 7) is 10.8. The Labute approximate surface area is 226 Å². The SMILES string of the molecule is CCC1CC(N(C(C)=N)C(=N)C(C)C)CC(C)N1CCC(NC(=O)C1CNCC(F)(F)C1)c1ccccc1. The van der Waals surface area contributed by atoms with Gasteiger partial charge in [0.15, 0.2) is 0 Å². The molecule has 38 heavy (non-hydrogen) atoms. The molecule has 2 aliphatic rings. The molecule has 212 valence electrons. The molecule has 5 atom stereocenters. The maximum absolute atomic E-state index is 13.9. The third-order valence-electron chi connectivity index (χ3n) is 8.08. The van der Waals surface area contributed by atoms with Crippen molar-refractivity contribution in [2.24, 2.45) is 11.8 Å². The van der Waals surface area contributed by atoms with Crippen LogP contribution in [0.1, 0.15) is 78.3 Å². The maximum atomic E-state index is 13.9. The van der Waals surface area contributed by atoms with Gasteiger partial charge in [-0.05, 0) is 45.1 Å². The fourth-order valence-electron chi connectivity index (χ4n) is 6.07. The van der Waals surface area contributed by atoms with E-state index in [1.807, 2.05) is 49.1 Å². The van der Waals surface area contributed by atoms with Gasteiger partial charge in [0.2, 0.25) is 5.91 Å². The number of piperidine rings is 2. The summed E-state index contributed by atoms with van der Waals surface area (Å²) in [4.78, 5) is 17.5. The third kappa shape index (κ3) is 7.59. The average Bonchev–Trinajstić information content (AvgIpc) is 2.86. The van der Waals surface area contributed by atoms with Crippen LogP contribution in [0.25, 0.3) is 0 Å². The second kappa shape index (κ2) is 13.1. The highest BCUT2D eigenvalue weighted by atomic mass is 19.3. The molecule has 5 unspecified atom stereocenters. The zero-order valence-electron chi connectivity index (χ0n) is 23.6. The van der Waals surface area contributed by atoms with Crippen LogP contribution in [0.4, 0.5) is 8.78 Å². The molecular weight excluding hydrogens is 486 g/mol. The van der Waals surface area contributed by atoms with Gasteiger partial charge in [-0.25, -0.2) is 8.78 Å². The van der Waals surface area contributed by atoms with Crippen LogP contribution in [-0.4, -0.2) is 71.1 Å². The van der Waals surface area contributed by atoms with Gasteiger partial charge in [0.1, 0.15) is 5.84 Å². The number of nitrogens with zero attached hydrogens (tertiary/aromatic N) is 2. The number of alkyl halides is 2. The minimum atomic E-state index is -2.87. The lowest BCUT2D eigenvalue weighted by atomic mass is 9.88. The predicted molar refractivity (Wildman–Crippen MR) is 149 cm³/mol. The van der Waals surface area contributed by atoms with Gasteiger partial charge >= 0.3 is 0 Å². The van der Waals surface area contributed by atoms with Crippen LogP contribution in [0.3, 0.4) is 0 Å². The summed E-state index contributed by atoms with van der Waals surface area (Å²) in [5.74, 6) is -2.99. The standard InChI is InChI=1S/C29H46F2N6O/c1-6-24-15-25(37(21(5)32)27(33)19(2)3)14-20(4)36(24)13-12-26(22-10-8-7-9-11-22)35-28(38)23-16-29(30,31)18-34-17-23/h7-11,19-20,23-26,32-34H,6,12-18H2,1-5H3,(H,35,38). The molecule has 1 aromatic carbocycles. The maximum Gasteiger partial charge on any atom is 0.261 e. The Morgan fingerprint density at radius 2 is 1.92 bits per heavy atom. The number of hydrogen-bond acceptors (Lipinski definition) is 5. The van der Waals surface area contributed by atoms with Gasteiger partial charge in [-0.2, -0.15) is 0 Å². The van der Waals surface area contributed by atoms with Crippen molar-refractivity contribution in [2.75, 3.05) is 19.6 Å². The first-order chi connectivity index (χ1) is 17.9. The van der Waals surface area contributed by atoms with Crippen LogP contribution in [-0.2, 0) is 4.79 Å². The monoisotopic (exact) mass is 532 g/mol. The summed E-state index contributed by atoms with van der Waals surface area (Å²) < 4.78 is 27.9. The number of carbonyl (C=O) groups excluding carboxylic acids is 1. The molecule has 2 aliphatic heterocycles. The Balaban J connectivity index is 1.72. The highest BCUT2D eigenvalue weighted by Gasteiger charge is 2.40.